The van der Waals surface area contributed by atoms with Gasteiger partial charge in [-0.25, -0.2) is 0 Å². The number of aliphatic hydroxyl groups excluding tert-OH is 1. The maximum Gasteiger partial charge on any atom is 0.237 e. The summed E-state index contributed by atoms with van der Waals surface area (Å²) in [6.45, 7) is 1.89. The van der Waals surface area contributed by atoms with Crippen LogP contribution in [0.4, 0.5) is 5.69 Å². The van der Waals surface area contributed by atoms with E-state index in [0.29, 0.717) is 17.2 Å². The molecule has 0 aliphatic heterocycles. The Kier molecular flexibility index (Phi) is 5.86. The van der Waals surface area contributed by atoms with Crippen LogP contribution in [0.15, 0.2) is 24.3 Å². The maximum atomic E-state index is 11.8. The Labute approximate surface area is 105 Å². The van der Waals surface area contributed by atoms with Crippen LogP contribution >= 0.6 is 11.8 Å². The highest BCUT2D eigenvalue weighted by Crippen LogP contribution is 2.24. The number of methoxy groups -OCH3 is 1. The van der Waals surface area contributed by atoms with Crippen LogP contribution in [0.3, 0.4) is 0 Å². The largest absolute Gasteiger partial charge is 0.495 e. The van der Waals surface area contributed by atoms with Crippen molar-refractivity contribution in [2.24, 2.45) is 0 Å². The third-order valence-electron chi connectivity index (χ3n) is 2.19. The van der Waals surface area contributed by atoms with Crippen molar-refractivity contribution in [1.82, 2.24) is 0 Å². The lowest BCUT2D eigenvalue weighted by atomic mass is 10.3. The summed E-state index contributed by atoms with van der Waals surface area (Å²) in [5, 5.41) is 11.3. The van der Waals surface area contributed by atoms with Crippen molar-refractivity contribution in [1.29, 1.82) is 0 Å². The van der Waals surface area contributed by atoms with E-state index < -0.39 is 0 Å². The Morgan fingerprint density at radius 2 is 2.24 bits per heavy atom. The smallest absolute Gasteiger partial charge is 0.237 e. The second kappa shape index (κ2) is 7.19. The summed E-state index contributed by atoms with van der Waals surface area (Å²) < 4.78 is 5.15. The number of para-hydroxylation sites is 2. The number of anilines is 1. The van der Waals surface area contributed by atoms with Gasteiger partial charge in [0.15, 0.2) is 0 Å². The van der Waals surface area contributed by atoms with E-state index in [1.165, 1.54) is 11.8 Å². The topological polar surface area (TPSA) is 58.6 Å². The molecule has 2 N–H and O–H groups in total. The van der Waals surface area contributed by atoms with Gasteiger partial charge in [0.1, 0.15) is 5.75 Å². The number of carbonyl (C=O) groups is 1. The van der Waals surface area contributed by atoms with E-state index in [9.17, 15) is 4.79 Å². The zero-order chi connectivity index (χ0) is 12.7. The Hall–Kier alpha value is -1.20. The zero-order valence-electron chi connectivity index (χ0n) is 9.97. The van der Waals surface area contributed by atoms with Crippen LogP contribution in [0.5, 0.6) is 5.75 Å². The summed E-state index contributed by atoms with van der Waals surface area (Å²) in [6, 6.07) is 7.27. The van der Waals surface area contributed by atoms with E-state index in [-0.39, 0.29) is 17.8 Å². The lowest BCUT2D eigenvalue weighted by Crippen LogP contribution is -2.23. The second-order valence-corrected chi connectivity index (χ2v) is 4.87. The number of amides is 1. The van der Waals surface area contributed by atoms with Gasteiger partial charge >= 0.3 is 0 Å². The Balaban J connectivity index is 2.61. The number of carbonyl (C=O) groups excluding carboxylic acids is 1. The predicted octanol–water partition coefficient (Wildman–Crippen LogP) is 1.75. The SMILES string of the molecule is COc1ccccc1NC(=O)[C@H](C)SCCO. The van der Waals surface area contributed by atoms with Crippen LogP contribution in [0, 0.1) is 0 Å². The quantitative estimate of drug-likeness (QED) is 0.813. The van der Waals surface area contributed by atoms with Crippen LogP contribution < -0.4 is 10.1 Å². The van der Waals surface area contributed by atoms with Crippen LogP contribution in [-0.2, 0) is 4.79 Å². The molecule has 0 unspecified atom stereocenters. The minimum Gasteiger partial charge on any atom is -0.495 e. The molecule has 1 atom stereocenters. The number of nitrogens with one attached hydrogen (secondary N) is 1. The van der Waals surface area contributed by atoms with Crippen LogP contribution in [0.1, 0.15) is 6.92 Å². The molecule has 5 heteroatoms. The summed E-state index contributed by atoms with van der Waals surface area (Å²) in [4.78, 5) is 11.8. The highest BCUT2D eigenvalue weighted by molar-refractivity contribution is 8.00. The fourth-order valence-corrected chi connectivity index (χ4v) is 1.96. The number of hydrogen-bond acceptors (Lipinski definition) is 4. The highest BCUT2D eigenvalue weighted by Gasteiger charge is 2.14. The first-order valence-electron chi connectivity index (χ1n) is 5.35. The molecule has 1 aromatic rings. The van der Waals surface area contributed by atoms with Gasteiger partial charge in [-0.1, -0.05) is 12.1 Å². The second-order valence-electron chi connectivity index (χ2n) is 3.43. The van der Waals surface area contributed by atoms with Crippen LogP contribution in [0.25, 0.3) is 0 Å². The molecule has 17 heavy (non-hydrogen) atoms. The van der Waals surface area contributed by atoms with E-state index >= 15 is 0 Å². The van der Waals surface area contributed by atoms with Crippen molar-refractivity contribution in [3.63, 3.8) is 0 Å². The minimum absolute atomic E-state index is 0.0803. The molecule has 0 spiro atoms. The summed E-state index contributed by atoms with van der Waals surface area (Å²) >= 11 is 1.41. The Morgan fingerprint density at radius 3 is 2.88 bits per heavy atom. The molecule has 0 heterocycles. The standard InChI is InChI=1S/C12H17NO3S/c1-9(17-8-7-14)12(15)13-10-5-3-4-6-11(10)16-2/h3-6,9,14H,7-8H2,1-2H3,(H,13,15)/t9-/m0/s1. The van der Waals surface area contributed by atoms with Gasteiger partial charge in [0.25, 0.3) is 0 Å². The molecule has 4 nitrogen and oxygen atoms in total. The van der Waals surface area contributed by atoms with Gasteiger partial charge in [0.2, 0.25) is 5.91 Å². The van der Waals surface area contributed by atoms with Crippen molar-refractivity contribution < 1.29 is 14.6 Å². The number of ether oxygens (including phenoxy) is 1. The number of thioether (sulfide) groups is 1. The molecule has 0 fully saturated rings. The molecule has 1 amide bonds. The fraction of sp³-hybridized carbons (Fsp3) is 0.417. The highest BCUT2D eigenvalue weighted by atomic mass is 32.2. The molecule has 0 bridgehead atoms. The molecule has 0 aromatic heterocycles. The molecule has 0 aliphatic carbocycles. The zero-order valence-corrected chi connectivity index (χ0v) is 10.8. The number of benzene rings is 1. The van der Waals surface area contributed by atoms with Gasteiger partial charge in [-0.3, -0.25) is 4.79 Å². The lowest BCUT2D eigenvalue weighted by Gasteiger charge is -2.13. The van der Waals surface area contributed by atoms with E-state index in [1.54, 1.807) is 19.2 Å². The van der Waals surface area contributed by atoms with Gasteiger partial charge in [-0.2, -0.15) is 0 Å². The van der Waals surface area contributed by atoms with Gasteiger partial charge in [-0.15, -0.1) is 11.8 Å². The summed E-state index contributed by atoms with van der Waals surface area (Å²) in [7, 11) is 1.56. The third kappa shape index (κ3) is 4.28. The molecule has 0 saturated heterocycles. The van der Waals surface area contributed by atoms with E-state index in [0.717, 1.165) is 0 Å². The normalized spacial score (nSPS) is 11.9. The van der Waals surface area contributed by atoms with Gasteiger partial charge < -0.3 is 15.2 Å². The molecule has 94 valence electrons. The Morgan fingerprint density at radius 1 is 1.53 bits per heavy atom. The molecular weight excluding hydrogens is 238 g/mol. The monoisotopic (exact) mass is 255 g/mol. The average molecular weight is 255 g/mol. The van der Waals surface area contributed by atoms with Gasteiger partial charge in [0.05, 0.1) is 24.7 Å². The molecule has 0 aliphatic rings. The number of rotatable bonds is 6. The lowest BCUT2D eigenvalue weighted by molar-refractivity contribution is -0.115. The summed E-state index contributed by atoms with van der Waals surface area (Å²) in [5.41, 5.74) is 0.663. The van der Waals surface area contributed by atoms with Gasteiger partial charge in [-0.05, 0) is 19.1 Å². The summed E-state index contributed by atoms with van der Waals surface area (Å²) in [6.07, 6.45) is 0. The first-order chi connectivity index (χ1) is 8.19. The van der Waals surface area contributed by atoms with Gasteiger partial charge in [0, 0.05) is 5.75 Å². The van der Waals surface area contributed by atoms with Crippen molar-refractivity contribution >= 4 is 23.4 Å². The third-order valence-corrected chi connectivity index (χ3v) is 3.33. The van der Waals surface area contributed by atoms with E-state index in [4.69, 9.17) is 9.84 Å². The number of hydrogen-bond donors (Lipinski definition) is 2. The minimum atomic E-state index is -0.202. The Bertz CT molecular complexity index is 371. The first kappa shape index (κ1) is 13.9. The molecule has 0 radical (unpaired) electrons. The average Bonchev–Trinajstić information content (AvgIpc) is 2.36. The van der Waals surface area contributed by atoms with Crippen LogP contribution in [-0.4, -0.2) is 35.7 Å². The van der Waals surface area contributed by atoms with E-state index in [2.05, 4.69) is 5.32 Å². The maximum absolute atomic E-state index is 11.8. The number of aliphatic hydroxyl groups is 1. The van der Waals surface area contributed by atoms with Crippen molar-refractivity contribution in [3.05, 3.63) is 24.3 Å². The predicted molar refractivity (Wildman–Crippen MR) is 70.6 cm³/mol. The van der Waals surface area contributed by atoms with Crippen molar-refractivity contribution in [3.8, 4) is 5.75 Å². The molecule has 1 rings (SSSR count). The van der Waals surface area contributed by atoms with Crippen molar-refractivity contribution in [2.75, 3.05) is 24.8 Å². The molecular formula is C12H17NO3S. The van der Waals surface area contributed by atoms with Crippen LogP contribution in [0.2, 0.25) is 0 Å². The molecule has 0 saturated carbocycles. The van der Waals surface area contributed by atoms with Crippen molar-refractivity contribution in [2.45, 2.75) is 12.2 Å². The fourth-order valence-electron chi connectivity index (χ4n) is 1.29. The summed E-state index contributed by atoms with van der Waals surface area (Å²) in [5.74, 6) is 1.11. The first-order valence-corrected chi connectivity index (χ1v) is 6.40. The van der Waals surface area contributed by atoms with E-state index in [1.807, 2.05) is 19.1 Å². The molecule has 1 aromatic carbocycles.